The summed E-state index contributed by atoms with van der Waals surface area (Å²) in [5.74, 6) is -1.27. The summed E-state index contributed by atoms with van der Waals surface area (Å²) in [6.45, 7) is 0. The maximum absolute atomic E-state index is 13.3. The van der Waals surface area contributed by atoms with E-state index in [9.17, 15) is 17.6 Å². The van der Waals surface area contributed by atoms with Crippen LogP contribution in [0.4, 0.5) is 17.6 Å². The van der Waals surface area contributed by atoms with Gasteiger partial charge in [0.1, 0.15) is 5.82 Å². The molecule has 2 aromatic carbocycles. The van der Waals surface area contributed by atoms with Crippen LogP contribution in [0.3, 0.4) is 0 Å². The lowest BCUT2D eigenvalue weighted by Crippen LogP contribution is -2.09. The van der Waals surface area contributed by atoms with Crippen LogP contribution in [0.2, 0.25) is 5.02 Å². The number of benzene rings is 2. The summed E-state index contributed by atoms with van der Waals surface area (Å²) >= 11 is 9.36. The van der Waals surface area contributed by atoms with Crippen LogP contribution in [0.25, 0.3) is 0 Å². The monoisotopic (exact) mass is 380 g/mol. The molecule has 1 atom stereocenters. The van der Waals surface area contributed by atoms with Crippen LogP contribution in [0, 0.1) is 5.82 Å². The van der Waals surface area contributed by atoms with Gasteiger partial charge in [0.25, 0.3) is 0 Å². The zero-order valence-corrected chi connectivity index (χ0v) is 12.9. The van der Waals surface area contributed by atoms with Crippen molar-refractivity contribution in [3.63, 3.8) is 0 Å². The Bertz CT molecular complexity index is 640. The maximum Gasteiger partial charge on any atom is 0.419 e. The van der Waals surface area contributed by atoms with Crippen molar-refractivity contribution in [2.45, 2.75) is 17.4 Å². The largest absolute Gasteiger partial charge is 0.419 e. The highest BCUT2D eigenvalue weighted by Crippen LogP contribution is 2.36. The van der Waals surface area contributed by atoms with Crippen molar-refractivity contribution in [2.24, 2.45) is 0 Å². The van der Waals surface area contributed by atoms with Crippen LogP contribution >= 0.6 is 27.5 Å². The number of halogens is 6. The van der Waals surface area contributed by atoms with Gasteiger partial charge in [0.2, 0.25) is 0 Å². The highest BCUT2D eigenvalue weighted by Gasteiger charge is 2.34. The third-order valence-electron chi connectivity index (χ3n) is 3.01. The molecule has 0 aliphatic heterocycles. The standard InChI is InChI=1S/C15H10BrClF4/c16-12(8-10-3-1-2-4-13(10)17)9-5-6-14(18)11(7-9)15(19,20)21/h1-7,12H,8H2. The second-order valence-corrected chi connectivity index (χ2v) is 6.01. The van der Waals surface area contributed by atoms with E-state index >= 15 is 0 Å². The molecule has 0 amide bonds. The molecule has 6 heteroatoms. The molecule has 21 heavy (non-hydrogen) atoms. The number of rotatable bonds is 3. The van der Waals surface area contributed by atoms with Gasteiger partial charge in [-0.15, -0.1) is 0 Å². The Morgan fingerprint density at radius 3 is 2.38 bits per heavy atom. The Labute approximate surface area is 132 Å². The maximum atomic E-state index is 13.3. The molecule has 0 aromatic heterocycles. The molecule has 0 N–H and O–H groups in total. The van der Waals surface area contributed by atoms with Crippen LogP contribution in [-0.2, 0) is 12.6 Å². The molecule has 0 fully saturated rings. The number of hydrogen-bond acceptors (Lipinski definition) is 0. The predicted octanol–water partition coefficient (Wildman–Crippen LogP) is 6.18. The fourth-order valence-electron chi connectivity index (χ4n) is 1.93. The van der Waals surface area contributed by atoms with Crippen LogP contribution in [-0.4, -0.2) is 0 Å². The molecule has 2 rings (SSSR count). The lowest BCUT2D eigenvalue weighted by Gasteiger charge is -2.14. The molecular weight excluding hydrogens is 372 g/mol. The first kappa shape index (κ1) is 16.3. The molecular formula is C15H10BrClF4. The van der Waals surface area contributed by atoms with Gasteiger partial charge in [0.05, 0.1) is 5.56 Å². The van der Waals surface area contributed by atoms with E-state index in [2.05, 4.69) is 15.9 Å². The van der Waals surface area contributed by atoms with Gasteiger partial charge in [-0.3, -0.25) is 0 Å². The van der Waals surface area contributed by atoms with Crippen LogP contribution in [0.5, 0.6) is 0 Å². The molecule has 0 spiro atoms. The van der Waals surface area contributed by atoms with Crippen LogP contribution < -0.4 is 0 Å². The first-order chi connectivity index (χ1) is 9.79. The minimum atomic E-state index is -4.71. The SMILES string of the molecule is Fc1ccc(C(Br)Cc2ccccc2Cl)cc1C(F)(F)F. The third-order valence-corrected chi connectivity index (χ3v) is 4.24. The fraction of sp³-hybridized carbons (Fsp3) is 0.200. The van der Waals surface area contributed by atoms with Gasteiger partial charge in [-0.25, -0.2) is 4.39 Å². The Morgan fingerprint density at radius 1 is 1.10 bits per heavy atom. The highest BCUT2D eigenvalue weighted by atomic mass is 79.9. The van der Waals surface area contributed by atoms with Gasteiger partial charge < -0.3 is 0 Å². The average Bonchev–Trinajstić information content (AvgIpc) is 2.40. The van der Waals surface area contributed by atoms with Crippen LogP contribution in [0.15, 0.2) is 42.5 Å². The van der Waals surface area contributed by atoms with E-state index in [1.165, 1.54) is 6.07 Å². The van der Waals surface area contributed by atoms with Crippen LogP contribution in [0.1, 0.15) is 21.5 Å². The Hall–Kier alpha value is -1.07. The smallest absolute Gasteiger partial charge is 0.206 e. The molecule has 2 aromatic rings. The van der Waals surface area contributed by atoms with E-state index in [1.54, 1.807) is 24.3 Å². The zero-order valence-electron chi connectivity index (χ0n) is 10.6. The van der Waals surface area contributed by atoms with E-state index < -0.39 is 17.6 Å². The summed E-state index contributed by atoms with van der Waals surface area (Å²) in [7, 11) is 0. The summed E-state index contributed by atoms with van der Waals surface area (Å²) in [4.78, 5) is -0.390. The summed E-state index contributed by atoms with van der Waals surface area (Å²) in [5, 5.41) is 0.542. The van der Waals surface area contributed by atoms with Crippen molar-refractivity contribution >= 4 is 27.5 Å². The number of hydrogen-bond donors (Lipinski definition) is 0. The second kappa shape index (κ2) is 6.36. The molecule has 0 radical (unpaired) electrons. The van der Waals surface area contributed by atoms with Crippen molar-refractivity contribution in [3.05, 3.63) is 70.0 Å². The quantitative estimate of drug-likeness (QED) is 0.440. The van der Waals surface area contributed by atoms with Gasteiger partial charge in [0.15, 0.2) is 0 Å². The van der Waals surface area contributed by atoms with Crippen molar-refractivity contribution in [2.75, 3.05) is 0 Å². The molecule has 1 unspecified atom stereocenters. The normalized spacial score (nSPS) is 13.2. The third kappa shape index (κ3) is 3.98. The van der Waals surface area contributed by atoms with Crippen molar-refractivity contribution < 1.29 is 17.6 Å². The van der Waals surface area contributed by atoms with Crippen molar-refractivity contribution in [1.29, 1.82) is 0 Å². The van der Waals surface area contributed by atoms with Gasteiger partial charge in [-0.1, -0.05) is 51.8 Å². The molecule has 0 nitrogen and oxygen atoms in total. The minimum absolute atomic E-state index is 0.351. The summed E-state index contributed by atoms with van der Waals surface area (Å²) in [6.07, 6.45) is -4.31. The van der Waals surface area contributed by atoms with E-state index in [1.807, 2.05) is 0 Å². The first-order valence-corrected chi connectivity index (χ1v) is 7.32. The first-order valence-electron chi connectivity index (χ1n) is 6.03. The molecule has 0 saturated carbocycles. The molecule has 0 aliphatic rings. The second-order valence-electron chi connectivity index (χ2n) is 4.50. The van der Waals surface area contributed by atoms with Crippen molar-refractivity contribution in [1.82, 2.24) is 0 Å². The van der Waals surface area contributed by atoms with Gasteiger partial charge >= 0.3 is 6.18 Å². The fourth-order valence-corrected chi connectivity index (χ4v) is 2.78. The van der Waals surface area contributed by atoms with Crippen molar-refractivity contribution in [3.8, 4) is 0 Å². The minimum Gasteiger partial charge on any atom is -0.206 e. The van der Waals surface area contributed by atoms with Gasteiger partial charge in [0, 0.05) is 9.85 Å². The Balaban J connectivity index is 2.28. The summed E-state index contributed by atoms with van der Waals surface area (Å²) < 4.78 is 51.4. The lowest BCUT2D eigenvalue weighted by molar-refractivity contribution is -0.140. The average molecular weight is 382 g/mol. The molecule has 0 aliphatic carbocycles. The van der Waals surface area contributed by atoms with E-state index in [-0.39, 0.29) is 4.83 Å². The molecule has 112 valence electrons. The van der Waals surface area contributed by atoms with E-state index in [4.69, 9.17) is 11.6 Å². The van der Waals surface area contributed by atoms with E-state index in [0.717, 1.165) is 17.7 Å². The molecule has 0 heterocycles. The summed E-state index contributed by atoms with van der Waals surface area (Å²) in [5.41, 5.74) is -0.105. The molecule has 0 saturated heterocycles. The zero-order chi connectivity index (χ0) is 15.6. The Kier molecular flexibility index (Phi) is 4.94. The van der Waals surface area contributed by atoms with E-state index in [0.29, 0.717) is 17.0 Å². The topological polar surface area (TPSA) is 0 Å². The van der Waals surface area contributed by atoms with Gasteiger partial charge in [-0.2, -0.15) is 13.2 Å². The van der Waals surface area contributed by atoms with Gasteiger partial charge in [-0.05, 0) is 35.7 Å². The molecule has 0 bridgehead atoms. The highest BCUT2D eigenvalue weighted by molar-refractivity contribution is 9.09. The predicted molar refractivity (Wildman–Crippen MR) is 78.2 cm³/mol. The Morgan fingerprint density at radius 2 is 1.76 bits per heavy atom. The lowest BCUT2D eigenvalue weighted by atomic mass is 10.0. The number of alkyl halides is 4. The summed E-state index contributed by atoms with van der Waals surface area (Å²) in [6, 6.07) is 10.1.